The third kappa shape index (κ3) is 2.88. The molecule has 0 fully saturated rings. The molecule has 1 rings (SSSR count). The molecule has 0 aliphatic carbocycles. The molecule has 0 amide bonds. The molecule has 0 saturated carbocycles. The molecule has 96 valence electrons. The van der Waals surface area contributed by atoms with Gasteiger partial charge < -0.3 is 9.84 Å². The van der Waals surface area contributed by atoms with Crippen LogP contribution in [0.3, 0.4) is 0 Å². The number of hydrogen-bond acceptors (Lipinski definition) is 3. The summed E-state index contributed by atoms with van der Waals surface area (Å²) in [5.41, 5.74) is -2.52. The average Bonchev–Trinajstić information content (AvgIpc) is 2.26. The molecule has 18 heavy (non-hydrogen) atoms. The van der Waals surface area contributed by atoms with Gasteiger partial charge in [-0.2, -0.15) is 14.0 Å². The zero-order chi connectivity index (χ0) is 13.9. The zero-order valence-corrected chi connectivity index (χ0v) is 8.53. The first kappa shape index (κ1) is 13.8. The second-order valence-corrected chi connectivity index (χ2v) is 3.03. The number of nitrogens with zero attached hydrogens (tertiary/aromatic N) is 1. The van der Waals surface area contributed by atoms with Crippen LogP contribution in [0.15, 0.2) is 12.1 Å². The molecule has 0 spiro atoms. The number of carboxylic acid groups (broad SMARTS) is 1. The van der Waals surface area contributed by atoms with Gasteiger partial charge in [-0.3, -0.25) is 0 Å². The van der Waals surface area contributed by atoms with Gasteiger partial charge in [-0.05, 0) is 12.1 Å². The van der Waals surface area contributed by atoms with Crippen molar-refractivity contribution in [1.29, 1.82) is 5.26 Å². The molecule has 1 aromatic carbocycles. The monoisotopic (exact) mass is 263 g/mol. The van der Waals surface area contributed by atoms with Crippen molar-refractivity contribution in [3.63, 3.8) is 0 Å². The van der Waals surface area contributed by atoms with Gasteiger partial charge >= 0.3 is 12.6 Å². The lowest BCUT2D eigenvalue weighted by molar-refractivity contribution is -0.0505. The fourth-order valence-electron chi connectivity index (χ4n) is 1.29. The molecular weight excluding hydrogens is 258 g/mol. The van der Waals surface area contributed by atoms with Crippen molar-refractivity contribution in [3.05, 3.63) is 28.8 Å². The van der Waals surface area contributed by atoms with Gasteiger partial charge in [0.2, 0.25) is 0 Å². The first-order valence-corrected chi connectivity index (χ1v) is 4.41. The second-order valence-electron chi connectivity index (χ2n) is 3.03. The number of hydrogen-bond donors (Lipinski definition) is 1. The predicted octanol–water partition coefficient (Wildman–Crippen LogP) is 2.80. The van der Waals surface area contributed by atoms with E-state index in [9.17, 15) is 22.4 Å². The number of aromatic carboxylic acids is 1. The molecule has 8 heteroatoms. The molecule has 0 atom stereocenters. The van der Waals surface area contributed by atoms with Crippen LogP contribution in [0.25, 0.3) is 0 Å². The quantitative estimate of drug-likeness (QED) is 0.848. The Labute approximate surface area is 98.0 Å². The fraction of sp³-hybridized carbons (Fsp3) is 0.200. The van der Waals surface area contributed by atoms with Crippen LogP contribution >= 0.6 is 0 Å². The van der Waals surface area contributed by atoms with Crippen LogP contribution in [-0.2, 0) is 0 Å². The van der Waals surface area contributed by atoms with Gasteiger partial charge in [0, 0.05) is 5.56 Å². The molecule has 0 saturated heterocycles. The summed E-state index contributed by atoms with van der Waals surface area (Å²) < 4.78 is 53.1. The Balaban J connectivity index is 3.50. The number of carboxylic acids is 1. The first-order chi connectivity index (χ1) is 8.36. The van der Waals surface area contributed by atoms with Crippen LogP contribution in [0.2, 0.25) is 0 Å². The smallest absolute Gasteiger partial charge is 0.387 e. The van der Waals surface area contributed by atoms with Crippen LogP contribution in [0.4, 0.5) is 17.6 Å². The maximum Gasteiger partial charge on any atom is 0.387 e. The van der Waals surface area contributed by atoms with Gasteiger partial charge in [0.15, 0.2) is 0 Å². The largest absolute Gasteiger partial charge is 0.478 e. The molecular formula is C10H5F4NO3. The molecule has 0 aromatic heterocycles. The number of rotatable bonds is 4. The maximum absolute atomic E-state index is 12.6. The van der Waals surface area contributed by atoms with Gasteiger partial charge in [0.25, 0.3) is 6.43 Å². The molecule has 0 unspecified atom stereocenters. The summed E-state index contributed by atoms with van der Waals surface area (Å²) in [6, 6.07) is 2.74. The summed E-state index contributed by atoms with van der Waals surface area (Å²) in [5, 5.41) is 17.3. The average molecular weight is 263 g/mol. The summed E-state index contributed by atoms with van der Waals surface area (Å²) in [4.78, 5) is 10.8. The van der Waals surface area contributed by atoms with Crippen LogP contribution in [0.1, 0.15) is 27.9 Å². The summed E-state index contributed by atoms with van der Waals surface area (Å²) in [5.74, 6) is -2.81. The van der Waals surface area contributed by atoms with Crippen LogP contribution in [0.5, 0.6) is 5.75 Å². The Hall–Kier alpha value is -2.30. The van der Waals surface area contributed by atoms with E-state index < -0.39 is 41.4 Å². The van der Waals surface area contributed by atoms with Crippen molar-refractivity contribution in [2.45, 2.75) is 13.0 Å². The molecule has 0 bridgehead atoms. The lowest BCUT2D eigenvalue weighted by Crippen LogP contribution is -2.11. The minimum atomic E-state index is -3.39. The highest BCUT2D eigenvalue weighted by Crippen LogP contribution is 2.32. The molecule has 1 aromatic rings. The Bertz CT molecular complexity index is 511. The van der Waals surface area contributed by atoms with E-state index >= 15 is 0 Å². The number of benzene rings is 1. The molecule has 0 aliphatic heterocycles. The highest BCUT2D eigenvalue weighted by Gasteiger charge is 2.25. The molecule has 0 radical (unpaired) electrons. The van der Waals surface area contributed by atoms with Crippen molar-refractivity contribution < 1.29 is 32.2 Å². The lowest BCUT2D eigenvalue weighted by Gasteiger charge is -2.12. The summed E-state index contributed by atoms with van der Waals surface area (Å²) in [6.07, 6.45) is -3.23. The first-order valence-electron chi connectivity index (χ1n) is 4.41. The number of nitriles is 1. The van der Waals surface area contributed by atoms with Crippen LogP contribution in [0, 0.1) is 11.3 Å². The van der Waals surface area contributed by atoms with Crippen molar-refractivity contribution in [1.82, 2.24) is 0 Å². The SMILES string of the molecule is N#Cc1cc(OC(F)F)c(C(=O)O)c(C(F)F)c1. The lowest BCUT2D eigenvalue weighted by atomic mass is 10.0. The maximum atomic E-state index is 12.6. The molecule has 0 heterocycles. The second kappa shape index (κ2) is 5.35. The summed E-state index contributed by atoms with van der Waals surface area (Å²) in [7, 11) is 0. The van der Waals surface area contributed by atoms with Crippen molar-refractivity contribution in [2.24, 2.45) is 0 Å². The highest BCUT2D eigenvalue weighted by atomic mass is 19.3. The molecule has 0 aliphatic rings. The van der Waals surface area contributed by atoms with E-state index in [1.165, 1.54) is 6.07 Å². The van der Waals surface area contributed by atoms with E-state index in [4.69, 9.17) is 10.4 Å². The summed E-state index contributed by atoms with van der Waals surface area (Å²) in [6.45, 7) is -3.39. The van der Waals surface area contributed by atoms with E-state index in [1.807, 2.05) is 0 Å². The van der Waals surface area contributed by atoms with Crippen molar-refractivity contribution in [3.8, 4) is 11.8 Å². The molecule has 1 N–H and O–H groups in total. The van der Waals surface area contributed by atoms with E-state index in [2.05, 4.69) is 4.74 Å². The van der Waals surface area contributed by atoms with Gasteiger partial charge in [0.05, 0.1) is 11.6 Å². The van der Waals surface area contributed by atoms with E-state index in [0.29, 0.717) is 12.1 Å². The van der Waals surface area contributed by atoms with Crippen LogP contribution < -0.4 is 4.74 Å². The van der Waals surface area contributed by atoms with Gasteiger partial charge in [-0.25, -0.2) is 13.6 Å². The van der Waals surface area contributed by atoms with E-state index in [-0.39, 0.29) is 0 Å². The summed E-state index contributed by atoms with van der Waals surface area (Å²) >= 11 is 0. The number of halogens is 4. The van der Waals surface area contributed by atoms with E-state index in [0.717, 1.165) is 0 Å². The Morgan fingerprint density at radius 1 is 1.33 bits per heavy atom. The minimum Gasteiger partial charge on any atom is -0.478 e. The van der Waals surface area contributed by atoms with Crippen molar-refractivity contribution in [2.75, 3.05) is 0 Å². The normalized spacial score (nSPS) is 10.5. The molecule has 4 nitrogen and oxygen atoms in total. The fourth-order valence-corrected chi connectivity index (χ4v) is 1.29. The standard InChI is InChI=1S/C10H5F4NO3/c11-8(12)5-1-4(3-15)2-6(18-10(13)14)7(5)9(16)17/h1-2,8,10H,(H,16,17). The Kier molecular flexibility index (Phi) is 4.09. The number of ether oxygens (including phenoxy) is 1. The topological polar surface area (TPSA) is 70.3 Å². The Morgan fingerprint density at radius 2 is 1.94 bits per heavy atom. The Morgan fingerprint density at radius 3 is 2.33 bits per heavy atom. The van der Waals surface area contributed by atoms with Gasteiger partial charge in [-0.1, -0.05) is 0 Å². The zero-order valence-electron chi connectivity index (χ0n) is 8.53. The van der Waals surface area contributed by atoms with E-state index in [1.54, 1.807) is 0 Å². The third-order valence-electron chi connectivity index (χ3n) is 1.93. The predicted molar refractivity (Wildman–Crippen MR) is 49.7 cm³/mol. The third-order valence-corrected chi connectivity index (χ3v) is 1.93. The number of carbonyl (C=O) groups is 1. The highest BCUT2D eigenvalue weighted by molar-refractivity contribution is 5.93. The van der Waals surface area contributed by atoms with Gasteiger partial charge in [0.1, 0.15) is 11.3 Å². The number of alkyl halides is 4. The minimum absolute atomic E-state index is 0.397. The van der Waals surface area contributed by atoms with Crippen molar-refractivity contribution >= 4 is 5.97 Å². The van der Waals surface area contributed by atoms with Crippen LogP contribution in [-0.4, -0.2) is 17.7 Å². The van der Waals surface area contributed by atoms with Gasteiger partial charge in [-0.15, -0.1) is 0 Å².